The van der Waals surface area contributed by atoms with Crippen molar-refractivity contribution in [2.75, 3.05) is 12.0 Å². The van der Waals surface area contributed by atoms with Crippen LogP contribution >= 0.6 is 38.5 Å². The van der Waals surface area contributed by atoms with Crippen molar-refractivity contribution in [1.29, 1.82) is 0 Å². The fraction of sp³-hybridized carbons (Fsp3) is 0.115. The first-order valence-electron chi connectivity index (χ1n) is 10.6. The lowest BCUT2D eigenvalue weighted by Crippen LogP contribution is -2.54. The van der Waals surface area contributed by atoms with Crippen molar-refractivity contribution < 1.29 is 28.2 Å². The molecule has 0 bridgehead atoms. The lowest BCUT2D eigenvalue weighted by Gasteiger charge is -2.26. The molecule has 0 radical (unpaired) electrons. The summed E-state index contributed by atoms with van der Waals surface area (Å²) >= 11 is 5.44. The van der Waals surface area contributed by atoms with Crippen LogP contribution in [0.15, 0.2) is 64.6 Å². The molecule has 1 fully saturated rings. The van der Waals surface area contributed by atoms with Gasteiger partial charge in [0.1, 0.15) is 18.0 Å². The maximum absolute atomic E-state index is 13.5. The molecular formula is C26H19BrFIN2O5. The van der Waals surface area contributed by atoms with E-state index in [-0.39, 0.29) is 18.0 Å². The van der Waals surface area contributed by atoms with E-state index in [9.17, 15) is 18.8 Å². The number of benzene rings is 3. The zero-order valence-electron chi connectivity index (χ0n) is 19.1. The summed E-state index contributed by atoms with van der Waals surface area (Å²) < 4.78 is 26.3. The van der Waals surface area contributed by atoms with Crippen LogP contribution in [0.1, 0.15) is 16.7 Å². The molecule has 1 aliphatic rings. The molecule has 10 heteroatoms. The number of ether oxygens (including phenoxy) is 2. The summed E-state index contributed by atoms with van der Waals surface area (Å²) in [5.74, 6) is -1.10. The fourth-order valence-corrected chi connectivity index (χ4v) is 4.60. The highest BCUT2D eigenvalue weighted by Gasteiger charge is 2.37. The van der Waals surface area contributed by atoms with Crippen LogP contribution in [0.25, 0.3) is 6.08 Å². The van der Waals surface area contributed by atoms with Gasteiger partial charge in [-0.1, -0.05) is 28.1 Å². The highest BCUT2D eigenvalue weighted by molar-refractivity contribution is 14.1. The molecule has 1 heterocycles. The second-order valence-corrected chi connectivity index (χ2v) is 9.86. The predicted molar refractivity (Wildman–Crippen MR) is 144 cm³/mol. The number of imide groups is 2. The second kappa shape index (κ2) is 10.8. The third-order valence-corrected chi connectivity index (χ3v) is 7.03. The highest BCUT2D eigenvalue weighted by Crippen LogP contribution is 2.36. The van der Waals surface area contributed by atoms with Gasteiger partial charge in [-0.3, -0.25) is 14.9 Å². The first kappa shape index (κ1) is 25.8. The topological polar surface area (TPSA) is 84.9 Å². The maximum Gasteiger partial charge on any atom is 0.335 e. The van der Waals surface area contributed by atoms with Gasteiger partial charge in [-0.2, -0.15) is 0 Å². The smallest absolute Gasteiger partial charge is 0.335 e. The molecule has 3 aromatic carbocycles. The zero-order chi connectivity index (χ0) is 26.0. The molecule has 0 unspecified atom stereocenters. The summed E-state index contributed by atoms with van der Waals surface area (Å²) in [5.41, 5.74) is 2.10. The van der Waals surface area contributed by atoms with E-state index in [0.717, 1.165) is 14.9 Å². The summed E-state index contributed by atoms with van der Waals surface area (Å²) in [6.07, 6.45) is 1.39. The molecule has 4 rings (SSSR count). The van der Waals surface area contributed by atoms with Crippen LogP contribution in [0.3, 0.4) is 0 Å². The number of barbiturate groups is 1. The molecule has 0 saturated carbocycles. The van der Waals surface area contributed by atoms with E-state index >= 15 is 0 Å². The number of urea groups is 1. The highest BCUT2D eigenvalue weighted by atomic mass is 127. The molecule has 7 nitrogen and oxygen atoms in total. The molecule has 0 aromatic heterocycles. The summed E-state index contributed by atoms with van der Waals surface area (Å²) in [7, 11) is 1.46. The lowest BCUT2D eigenvalue weighted by molar-refractivity contribution is -0.122. The number of carbonyl (C=O) groups excluding carboxylic acids is 3. The first-order valence-corrected chi connectivity index (χ1v) is 12.5. The van der Waals surface area contributed by atoms with Crippen molar-refractivity contribution in [3.63, 3.8) is 0 Å². The molecule has 1 aliphatic heterocycles. The Morgan fingerprint density at radius 3 is 2.58 bits per heavy atom. The van der Waals surface area contributed by atoms with Crippen LogP contribution in [0.5, 0.6) is 11.5 Å². The third kappa shape index (κ3) is 5.44. The standard InChI is InChI=1S/C26H19BrFIN2O5/c1-14-8-18(6-7-20(14)27)31-25(33)19(24(32)30-26(31)34)10-16-11-21(29)23(22(12-16)35-2)36-13-15-4-3-5-17(28)9-15/h3-12H,13H2,1-2H3,(H,30,32,34)/b19-10+. The van der Waals surface area contributed by atoms with Gasteiger partial charge in [0.25, 0.3) is 11.8 Å². The van der Waals surface area contributed by atoms with E-state index in [1.54, 1.807) is 42.5 Å². The SMILES string of the molecule is COc1cc(/C=C2\C(=O)NC(=O)N(c3ccc(Br)c(C)c3)C2=O)cc(I)c1OCc1cccc(F)c1. The monoisotopic (exact) mass is 664 g/mol. The number of amides is 4. The van der Waals surface area contributed by atoms with Crippen molar-refractivity contribution in [2.45, 2.75) is 13.5 Å². The number of aryl methyl sites for hydroxylation is 1. The van der Waals surface area contributed by atoms with Gasteiger partial charge in [0.05, 0.1) is 16.4 Å². The zero-order valence-corrected chi connectivity index (χ0v) is 22.8. The number of nitrogens with zero attached hydrogens (tertiary/aromatic N) is 1. The number of nitrogens with one attached hydrogen (secondary N) is 1. The van der Waals surface area contributed by atoms with Gasteiger partial charge in [0.2, 0.25) is 0 Å². The Hall–Kier alpha value is -3.25. The minimum absolute atomic E-state index is 0.120. The molecule has 184 valence electrons. The Morgan fingerprint density at radius 2 is 1.89 bits per heavy atom. The maximum atomic E-state index is 13.5. The Morgan fingerprint density at radius 1 is 1.11 bits per heavy atom. The molecule has 0 spiro atoms. The van der Waals surface area contributed by atoms with Crippen LogP contribution < -0.4 is 19.7 Å². The van der Waals surface area contributed by atoms with E-state index in [1.807, 2.05) is 29.5 Å². The van der Waals surface area contributed by atoms with Gasteiger partial charge in [0, 0.05) is 4.47 Å². The largest absolute Gasteiger partial charge is 0.493 e. The Labute approximate surface area is 228 Å². The number of carbonyl (C=O) groups is 3. The van der Waals surface area contributed by atoms with Crippen LogP contribution in [-0.2, 0) is 16.2 Å². The van der Waals surface area contributed by atoms with Crippen LogP contribution in [0.4, 0.5) is 14.9 Å². The number of methoxy groups -OCH3 is 1. The number of halogens is 3. The predicted octanol–water partition coefficient (Wildman–Crippen LogP) is 5.76. The Kier molecular flexibility index (Phi) is 7.74. The number of rotatable bonds is 6. The molecule has 4 amide bonds. The minimum Gasteiger partial charge on any atom is -0.493 e. The summed E-state index contributed by atoms with van der Waals surface area (Å²) in [6, 6.07) is 13.6. The van der Waals surface area contributed by atoms with E-state index in [2.05, 4.69) is 21.2 Å². The van der Waals surface area contributed by atoms with Gasteiger partial charge >= 0.3 is 6.03 Å². The first-order chi connectivity index (χ1) is 17.2. The van der Waals surface area contributed by atoms with Crippen molar-refractivity contribution >= 4 is 68.1 Å². The van der Waals surface area contributed by atoms with Gasteiger partial charge in [-0.25, -0.2) is 14.1 Å². The van der Waals surface area contributed by atoms with Crippen molar-refractivity contribution in [1.82, 2.24) is 5.32 Å². The minimum atomic E-state index is -0.822. The summed E-state index contributed by atoms with van der Waals surface area (Å²) in [6.45, 7) is 1.95. The molecular weight excluding hydrogens is 646 g/mol. The molecule has 36 heavy (non-hydrogen) atoms. The summed E-state index contributed by atoms with van der Waals surface area (Å²) in [5, 5.41) is 2.22. The van der Waals surface area contributed by atoms with Crippen molar-refractivity contribution in [2.24, 2.45) is 0 Å². The van der Waals surface area contributed by atoms with Crippen LogP contribution in [0, 0.1) is 16.3 Å². The van der Waals surface area contributed by atoms with Crippen LogP contribution in [-0.4, -0.2) is 25.0 Å². The number of anilines is 1. The van der Waals surface area contributed by atoms with Crippen molar-refractivity contribution in [3.05, 3.63) is 90.7 Å². The molecule has 1 N–H and O–H groups in total. The molecule has 3 aromatic rings. The third-order valence-electron chi connectivity index (χ3n) is 5.34. The Bertz CT molecular complexity index is 1430. The van der Waals surface area contributed by atoms with Crippen LogP contribution in [0.2, 0.25) is 0 Å². The van der Waals surface area contributed by atoms with E-state index in [4.69, 9.17) is 9.47 Å². The number of hydrogen-bond donors (Lipinski definition) is 1. The Balaban J connectivity index is 1.65. The van der Waals surface area contributed by atoms with Gasteiger partial charge < -0.3 is 9.47 Å². The summed E-state index contributed by atoms with van der Waals surface area (Å²) in [4.78, 5) is 39.2. The van der Waals surface area contributed by atoms with E-state index in [0.29, 0.717) is 31.9 Å². The van der Waals surface area contributed by atoms with Crippen molar-refractivity contribution in [3.8, 4) is 11.5 Å². The molecule has 0 aliphatic carbocycles. The van der Waals surface area contributed by atoms with Gasteiger partial charge in [-0.05, 0) is 94.7 Å². The van der Waals surface area contributed by atoms with Gasteiger partial charge in [-0.15, -0.1) is 0 Å². The average molecular weight is 665 g/mol. The molecule has 0 atom stereocenters. The fourth-order valence-electron chi connectivity index (χ4n) is 3.57. The van der Waals surface area contributed by atoms with E-state index in [1.165, 1.54) is 25.3 Å². The lowest BCUT2D eigenvalue weighted by atomic mass is 10.1. The molecule has 1 saturated heterocycles. The normalized spacial score (nSPS) is 14.8. The average Bonchev–Trinajstić information content (AvgIpc) is 2.83. The van der Waals surface area contributed by atoms with Gasteiger partial charge in [0.15, 0.2) is 11.5 Å². The number of hydrogen-bond acceptors (Lipinski definition) is 5. The van der Waals surface area contributed by atoms with E-state index < -0.39 is 17.8 Å². The second-order valence-electron chi connectivity index (χ2n) is 7.84. The quantitative estimate of drug-likeness (QED) is 0.206.